The molecular weight excluding hydrogens is 347 g/mol. The van der Waals surface area contributed by atoms with Crippen LogP contribution in [0.2, 0.25) is 5.02 Å². The van der Waals surface area contributed by atoms with E-state index in [4.69, 9.17) is 28.8 Å². The third-order valence-electron chi connectivity index (χ3n) is 3.99. The molecule has 0 radical (unpaired) electrons. The fourth-order valence-corrected chi connectivity index (χ4v) is 2.96. The van der Waals surface area contributed by atoms with Crippen molar-refractivity contribution >= 4 is 34.4 Å². The number of pyridine rings is 1. The van der Waals surface area contributed by atoms with E-state index in [1.54, 1.807) is 0 Å². The first-order valence-electron chi connectivity index (χ1n) is 7.45. The summed E-state index contributed by atoms with van der Waals surface area (Å²) in [5, 5.41) is 0.437. The number of rotatable bonds is 3. The van der Waals surface area contributed by atoms with Crippen LogP contribution < -0.4 is 22.8 Å². The molecule has 1 aromatic carbocycles. The second-order valence-electron chi connectivity index (χ2n) is 5.55. The first kappa shape index (κ1) is 17.1. The molecule has 0 atom stereocenters. The van der Waals surface area contributed by atoms with E-state index in [2.05, 4.69) is 9.97 Å². The van der Waals surface area contributed by atoms with Crippen molar-refractivity contribution in [1.29, 1.82) is 0 Å². The quantitative estimate of drug-likeness (QED) is 0.647. The Morgan fingerprint density at radius 3 is 2.68 bits per heavy atom. The zero-order valence-electron chi connectivity index (χ0n) is 13.4. The largest absolute Gasteiger partial charge is 0.383 e. The van der Waals surface area contributed by atoms with Gasteiger partial charge >= 0.3 is 0 Å². The van der Waals surface area contributed by atoms with Gasteiger partial charge in [0.2, 0.25) is 5.95 Å². The lowest BCUT2D eigenvalue weighted by Crippen LogP contribution is -2.23. The normalized spacial score (nSPS) is 11.2. The number of nitrogen functional groups attached to an aromatic ring is 2. The van der Waals surface area contributed by atoms with Crippen molar-refractivity contribution in [3.05, 3.63) is 45.0 Å². The molecule has 0 aliphatic carbocycles. The average Bonchev–Trinajstić information content (AvgIpc) is 2.56. The molecule has 7 nitrogen and oxygen atoms in total. The van der Waals surface area contributed by atoms with E-state index in [1.165, 1.54) is 29.8 Å². The number of aromatic nitrogens is 3. The third-order valence-corrected chi connectivity index (χ3v) is 4.32. The van der Waals surface area contributed by atoms with Gasteiger partial charge in [-0.3, -0.25) is 9.36 Å². The predicted molar refractivity (Wildman–Crippen MR) is 96.8 cm³/mol. The number of halogens is 2. The van der Waals surface area contributed by atoms with E-state index >= 15 is 0 Å². The highest BCUT2D eigenvalue weighted by Gasteiger charge is 2.21. The molecule has 2 aromatic heterocycles. The van der Waals surface area contributed by atoms with Crippen molar-refractivity contribution in [1.82, 2.24) is 14.5 Å². The van der Waals surface area contributed by atoms with Gasteiger partial charge < -0.3 is 17.2 Å². The van der Waals surface area contributed by atoms with Crippen LogP contribution in [-0.4, -0.2) is 21.1 Å². The standard InChI is InChI=1S/C16H16ClFN6O/c1-24-15(25)12-11(9-6-7(18)2-3-10(9)17)8(4-5-19)13(20)22-14(12)23-16(24)21/h2-3,6H,4-5,19H2,1H3,(H4,20,21,22,23). The van der Waals surface area contributed by atoms with E-state index < -0.39 is 11.4 Å². The van der Waals surface area contributed by atoms with E-state index in [-0.39, 0.29) is 34.4 Å². The number of nitrogens with zero attached hydrogens (tertiary/aromatic N) is 3. The summed E-state index contributed by atoms with van der Waals surface area (Å²) in [5.74, 6) is -0.359. The first-order chi connectivity index (χ1) is 11.8. The van der Waals surface area contributed by atoms with Crippen LogP contribution in [0.3, 0.4) is 0 Å². The van der Waals surface area contributed by atoms with Crippen molar-refractivity contribution in [2.75, 3.05) is 18.0 Å². The second-order valence-corrected chi connectivity index (χ2v) is 5.95. The monoisotopic (exact) mass is 362 g/mol. The Labute approximate surface area is 147 Å². The van der Waals surface area contributed by atoms with Gasteiger partial charge in [0.1, 0.15) is 11.6 Å². The Morgan fingerprint density at radius 2 is 2.00 bits per heavy atom. The van der Waals surface area contributed by atoms with E-state index in [1.807, 2.05) is 0 Å². The fourth-order valence-electron chi connectivity index (χ4n) is 2.75. The molecule has 0 spiro atoms. The number of hydrogen-bond donors (Lipinski definition) is 3. The molecule has 0 unspecified atom stereocenters. The SMILES string of the molecule is Cn1c(N)nc2nc(N)c(CCN)c(-c3cc(F)ccc3Cl)c2c1=O. The fraction of sp³-hybridized carbons (Fsp3) is 0.188. The summed E-state index contributed by atoms with van der Waals surface area (Å²) >= 11 is 6.27. The summed E-state index contributed by atoms with van der Waals surface area (Å²) in [4.78, 5) is 21.1. The van der Waals surface area contributed by atoms with Crippen molar-refractivity contribution in [3.63, 3.8) is 0 Å². The Kier molecular flexibility index (Phi) is 4.32. The van der Waals surface area contributed by atoms with Crippen molar-refractivity contribution in [2.45, 2.75) is 6.42 Å². The van der Waals surface area contributed by atoms with E-state index in [9.17, 15) is 9.18 Å². The molecule has 0 saturated heterocycles. The Hall–Kier alpha value is -2.71. The molecule has 0 bridgehead atoms. The minimum Gasteiger partial charge on any atom is -0.383 e. The zero-order chi connectivity index (χ0) is 18.3. The molecule has 6 N–H and O–H groups in total. The van der Waals surface area contributed by atoms with Crippen LogP contribution in [0.5, 0.6) is 0 Å². The Bertz CT molecular complexity index is 1050. The third kappa shape index (κ3) is 2.79. The molecule has 130 valence electrons. The molecule has 9 heteroatoms. The number of hydrogen-bond acceptors (Lipinski definition) is 6. The van der Waals surface area contributed by atoms with Gasteiger partial charge in [0.25, 0.3) is 5.56 Å². The van der Waals surface area contributed by atoms with Gasteiger partial charge in [-0.2, -0.15) is 4.98 Å². The zero-order valence-corrected chi connectivity index (χ0v) is 14.1. The lowest BCUT2D eigenvalue weighted by atomic mass is 9.95. The summed E-state index contributed by atoms with van der Waals surface area (Å²) in [5.41, 5.74) is 18.3. The molecule has 3 aromatic rings. The Balaban J connectivity index is 2.57. The molecular formula is C16H16ClFN6O. The van der Waals surface area contributed by atoms with Crippen LogP contribution in [0.25, 0.3) is 22.2 Å². The molecule has 25 heavy (non-hydrogen) atoms. The van der Waals surface area contributed by atoms with Gasteiger partial charge in [0, 0.05) is 28.8 Å². The predicted octanol–water partition coefficient (Wildman–Crippen LogP) is 1.45. The summed E-state index contributed by atoms with van der Waals surface area (Å²) in [6, 6.07) is 3.89. The van der Waals surface area contributed by atoms with Gasteiger partial charge in [-0.15, -0.1) is 0 Å². The number of benzene rings is 1. The van der Waals surface area contributed by atoms with Gasteiger partial charge in [-0.1, -0.05) is 11.6 Å². The van der Waals surface area contributed by atoms with Gasteiger partial charge in [0.05, 0.1) is 5.39 Å². The summed E-state index contributed by atoms with van der Waals surface area (Å²) < 4.78 is 15.0. The topological polar surface area (TPSA) is 126 Å². The number of anilines is 2. The highest BCUT2D eigenvalue weighted by atomic mass is 35.5. The minimum absolute atomic E-state index is 0.00716. The lowest BCUT2D eigenvalue weighted by Gasteiger charge is -2.16. The van der Waals surface area contributed by atoms with Crippen molar-refractivity contribution in [2.24, 2.45) is 12.8 Å². The smallest absolute Gasteiger partial charge is 0.264 e. The van der Waals surface area contributed by atoms with Crippen molar-refractivity contribution in [3.8, 4) is 11.1 Å². The number of nitrogens with two attached hydrogens (primary N) is 3. The maximum Gasteiger partial charge on any atom is 0.264 e. The van der Waals surface area contributed by atoms with Gasteiger partial charge in [-0.25, -0.2) is 9.37 Å². The summed E-state index contributed by atoms with van der Waals surface area (Å²) in [7, 11) is 1.49. The molecule has 3 rings (SSSR count). The van der Waals surface area contributed by atoms with Crippen LogP contribution in [-0.2, 0) is 13.5 Å². The lowest BCUT2D eigenvalue weighted by molar-refractivity contribution is 0.628. The first-order valence-corrected chi connectivity index (χ1v) is 7.83. The summed E-state index contributed by atoms with van der Waals surface area (Å²) in [6.45, 7) is 0.264. The van der Waals surface area contributed by atoms with Crippen LogP contribution in [0.4, 0.5) is 16.2 Å². The number of fused-ring (bicyclic) bond motifs is 1. The highest BCUT2D eigenvalue weighted by Crippen LogP contribution is 2.37. The average molecular weight is 363 g/mol. The molecule has 0 amide bonds. The highest BCUT2D eigenvalue weighted by molar-refractivity contribution is 6.33. The molecule has 0 aliphatic rings. The van der Waals surface area contributed by atoms with Crippen LogP contribution >= 0.6 is 11.6 Å². The Morgan fingerprint density at radius 1 is 1.28 bits per heavy atom. The van der Waals surface area contributed by atoms with Crippen LogP contribution in [0, 0.1) is 5.82 Å². The molecule has 0 saturated carbocycles. The second kappa shape index (κ2) is 6.30. The molecule has 2 heterocycles. The van der Waals surface area contributed by atoms with Gasteiger partial charge in [0.15, 0.2) is 5.65 Å². The van der Waals surface area contributed by atoms with E-state index in [0.29, 0.717) is 23.1 Å². The maximum atomic E-state index is 13.8. The molecule has 0 fully saturated rings. The maximum absolute atomic E-state index is 13.8. The van der Waals surface area contributed by atoms with Crippen LogP contribution in [0.15, 0.2) is 23.0 Å². The molecule has 0 aliphatic heterocycles. The van der Waals surface area contributed by atoms with E-state index in [0.717, 1.165) is 0 Å². The summed E-state index contributed by atoms with van der Waals surface area (Å²) in [6.07, 6.45) is 0.338. The van der Waals surface area contributed by atoms with Gasteiger partial charge in [-0.05, 0) is 31.2 Å². The van der Waals surface area contributed by atoms with Crippen molar-refractivity contribution < 1.29 is 4.39 Å². The minimum atomic E-state index is -0.498. The van der Waals surface area contributed by atoms with Crippen LogP contribution in [0.1, 0.15) is 5.56 Å².